The van der Waals surface area contributed by atoms with Crippen LogP contribution in [-0.2, 0) is 19.5 Å². The minimum absolute atomic E-state index is 0. The molecule has 0 saturated carbocycles. The third-order valence-electron chi connectivity index (χ3n) is 4.72. The summed E-state index contributed by atoms with van der Waals surface area (Å²) in [7, 11) is 0. The zero-order valence-electron chi connectivity index (χ0n) is 16.4. The van der Waals surface area contributed by atoms with E-state index in [1.165, 1.54) is 11.1 Å². The molecule has 0 bridgehead atoms. The number of oxazole rings is 1. The SMILES string of the molecule is CCNC(=NCc1nc(C)c(C)o1)NCCN1CCc2ccccc2C1.I. The van der Waals surface area contributed by atoms with Crippen molar-refractivity contribution >= 4 is 29.9 Å². The van der Waals surface area contributed by atoms with E-state index >= 15 is 0 Å². The molecule has 1 aliphatic rings. The lowest BCUT2D eigenvalue weighted by Gasteiger charge is -2.28. The number of hydrogen-bond donors (Lipinski definition) is 2. The van der Waals surface area contributed by atoms with Crippen molar-refractivity contribution in [3.8, 4) is 0 Å². The van der Waals surface area contributed by atoms with E-state index in [9.17, 15) is 0 Å². The molecule has 0 atom stereocenters. The number of fused-ring (bicyclic) bond motifs is 1. The predicted octanol–water partition coefficient (Wildman–Crippen LogP) is 3.02. The molecule has 3 rings (SSSR count). The first kappa shape index (κ1) is 21.7. The molecule has 1 aliphatic heterocycles. The lowest BCUT2D eigenvalue weighted by atomic mass is 10.00. The second-order valence-electron chi connectivity index (χ2n) is 6.67. The van der Waals surface area contributed by atoms with Crippen molar-refractivity contribution in [2.75, 3.05) is 26.2 Å². The molecule has 2 heterocycles. The van der Waals surface area contributed by atoms with Crippen molar-refractivity contribution in [2.24, 2.45) is 4.99 Å². The van der Waals surface area contributed by atoms with E-state index in [0.717, 1.165) is 56.6 Å². The van der Waals surface area contributed by atoms with Gasteiger partial charge in [0.2, 0.25) is 5.89 Å². The van der Waals surface area contributed by atoms with E-state index in [0.29, 0.717) is 12.4 Å². The zero-order valence-corrected chi connectivity index (χ0v) is 18.7. The number of benzene rings is 1. The van der Waals surface area contributed by atoms with E-state index in [1.807, 2.05) is 13.8 Å². The average molecular weight is 483 g/mol. The van der Waals surface area contributed by atoms with Crippen LogP contribution < -0.4 is 10.6 Å². The van der Waals surface area contributed by atoms with E-state index in [1.54, 1.807) is 0 Å². The molecular weight excluding hydrogens is 453 g/mol. The van der Waals surface area contributed by atoms with Gasteiger partial charge in [-0.25, -0.2) is 9.98 Å². The van der Waals surface area contributed by atoms with Gasteiger partial charge >= 0.3 is 0 Å². The summed E-state index contributed by atoms with van der Waals surface area (Å²) in [5, 5.41) is 6.69. The zero-order chi connectivity index (χ0) is 18.4. The molecule has 0 aliphatic carbocycles. The molecule has 0 fully saturated rings. The van der Waals surface area contributed by atoms with Gasteiger partial charge < -0.3 is 15.1 Å². The van der Waals surface area contributed by atoms with Crippen molar-refractivity contribution in [3.63, 3.8) is 0 Å². The van der Waals surface area contributed by atoms with Crippen molar-refractivity contribution in [1.82, 2.24) is 20.5 Å². The summed E-state index contributed by atoms with van der Waals surface area (Å²) < 4.78 is 5.59. The smallest absolute Gasteiger partial charge is 0.216 e. The van der Waals surface area contributed by atoms with Crippen molar-refractivity contribution in [2.45, 2.75) is 40.3 Å². The highest BCUT2D eigenvalue weighted by atomic mass is 127. The van der Waals surface area contributed by atoms with Gasteiger partial charge in [0, 0.05) is 32.7 Å². The molecular formula is C20H30IN5O. The summed E-state index contributed by atoms with van der Waals surface area (Å²) in [5.74, 6) is 2.32. The first-order chi connectivity index (χ1) is 12.7. The number of aryl methyl sites for hydroxylation is 2. The monoisotopic (exact) mass is 483 g/mol. The first-order valence-electron chi connectivity index (χ1n) is 9.40. The third kappa shape index (κ3) is 6.21. The summed E-state index contributed by atoms with van der Waals surface area (Å²) >= 11 is 0. The minimum atomic E-state index is 0. The Morgan fingerprint density at radius 3 is 2.70 bits per heavy atom. The van der Waals surface area contributed by atoms with Gasteiger partial charge in [-0.3, -0.25) is 4.90 Å². The fourth-order valence-corrected chi connectivity index (χ4v) is 3.17. The number of hydrogen-bond acceptors (Lipinski definition) is 4. The number of aliphatic imine (C=N–C) groups is 1. The van der Waals surface area contributed by atoms with Crippen LogP contribution in [0, 0.1) is 13.8 Å². The molecule has 2 N–H and O–H groups in total. The number of guanidine groups is 1. The van der Waals surface area contributed by atoms with Crippen LogP contribution in [0.3, 0.4) is 0 Å². The molecule has 0 spiro atoms. The highest BCUT2D eigenvalue weighted by Crippen LogP contribution is 2.17. The second kappa shape index (κ2) is 10.7. The van der Waals surface area contributed by atoms with Gasteiger partial charge in [-0.1, -0.05) is 24.3 Å². The van der Waals surface area contributed by atoms with Gasteiger partial charge in [0.05, 0.1) is 5.69 Å². The number of halogens is 1. The maximum atomic E-state index is 5.59. The quantitative estimate of drug-likeness (QED) is 0.376. The normalized spacial score (nSPS) is 14.4. The highest BCUT2D eigenvalue weighted by molar-refractivity contribution is 14.0. The lowest BCUT2D eigenvalue weighted by Crippen LogP contribution is -2.42. The Balaban J connectivity index is 0.00000261. The minimum Gasteiger partial charge on any atom is -0.444 e. The Bertz CT molecular complexity index is 739. The molecule has 2 aromatic rings. The number of rotatable bonds is 6. The number of nitrogens with zero attached hydrogens (tertiary/aromatic N) is 3. The van der Waals surface area contributed by atoms with Crippen LogP contribution in [0.4, 0.5) is 0 Å². The Kier molecular flexibility index (Phi) is 8.56. The highest BCUT2D eigenvalue weighted by Gasteiger charge is 2.15. The lowest BCUT2D eigenvalue weighted by molar-refractivity contribution is 0.258. The average Bonchev–Trinajstić information content (AvgIpc) is 2.97. The first-order valence-corrected chi connectivity index (χ1v) is 9.40. The van der Waals surface area contributed by atoms with Crippen LogP contribution in [0.25, 0.3) is 0 Å². The van der Waals surface area contributed by atoms with E-state index in [2.05, 4.69) is 56.7 Å². The molecule has 1 aromatic carbocycles. The van der Waals surface area contributed by atoms with Gasteiger partial charge in [-0.05, 0) is 38.3 Å². The summed E-state index contributed by atoms with van der Waals surface area (Å²) in [4.78, 5) is 11.4. The van der Waals surface area contributed by atoms with Crippen LogP contribution >= 0.6 is 24.0 Å². The summed E-state index contributed by atoms with van der Waals surface area (Å²) in [6.45, 7) is 11.2. The molecule has 0 amide bonds. The Morgan fingerprint density at radius 1 is 1.22 bits per heavy atom. The van der Waals surface area contributed by atoms with Crippen molar-refractivity contribution in [3.05, 3.63) is 52.7 Å². The van der Waals surface area contributed by atoms with Crippen LogP contribution in [0.5, 0.6) is 0 Å². The maximum Gasteiger partial charge on any atom is 0.216 e. The van der Waals surface area contributed by atoms with Crippen LogP contribution in [0.2, 0.25) is 0 Å². The number of nitrogens with one attached hydrogen (secondary N) is 2. The van der Waals surface area contributed by atoms with Crippen molar-refractivity contribution < 1.29 is 4.42 Å². The topological polar surface area (TPSA) is 65.7 Å². The molecule has 6 nitrogen and oxygen atoms in total. The van der Waals surface area contributed by atoms with Gasteiger partial charge in [-0.2, -0.15) is 0 Å². The molecule has 0 unspecified atom stereocenters. The van der Waals surface area contributed by atoms with Crippen LogP contribution in [0.15, 0.2) is 33.7 Å². The van der Waals surface area contributed by atoms with E-state index in [4.69, 9.17) is 4.42 Å². The fourth-order valence-electron chi connectivity index (χ4n) is 3.17. The fraction of sp³-hybridized carbons (Fsp3) is 0.500. The Hall–Kier alpha value is -1.61. The third-order valence-corrected chi connectivity index (χ3v) is 4.72. The summed E-state index contributed by atoms with van der Waals surface area (Å²) in [5.41, 5.74) is 3.87. The summed E-state index contributed by atoms with van der Waals surface area (Å²) in [6, 6.07) is 8.74. The maximum absolute atomic E-state index is 5.59. The van der Waals surface area contributed by atoms with Crippen LogP contribution in [0.1, 0.15) is 35.4 Å². The predicted molar refractivity (Wildman–Crippen MR) is 120 cm³/mol. The molecule has 27 heavy (non-hydrogen) atoms. The Labute approximate surface area is 178 Å². The molecule has 0 radical (unpaired) electrons. The van der Waals surface area contributed by atoms with Gasteiger partial charge in [-0.15, -0.1) is 24.0 Å². The molecule has 148 valence electrons. The van der Waals surface area contributed by atoms with Crippen LogP contribution in [-0.4, -0.2) is 42.0 Å². The molecule has 1 aromatic heterocycles. The van der Waals surface area contributed by atoms with E-state index < -0.39 is 0 Å². The molecule has 7 heteroatoms. The second-order valence-corrected chi connectivity index (χ2v) is 6.67. The van der Waals surface area contributed by atoms with Gasteiger partial charge in [0.1, 0.15) is 12.3 Å². The summed E-state index contributed by atoms with van der Waals surface area (Å²) in [6.07, 6.45) is 1.13. The van der Waals surface area contributed by atoms with E-state index in [-0.39, 0.29) is 24.0 Å². The Morgan fingerprint density at radius 2 is 2.00 bits per heavy atom. The standard InChI is InChI=1S/C20H29N5O.HI/c1-4-21-20(23-13-19-24-15(2)16(3)26-19)22-10-12-25-11-9-17-7-5-6-8-18(17)14-25;/h5-8H,4,9-14H2,1-3H3,(H2,21,22,23);1H. The van der Waals surface area contributed by atoms with Gasteiger partial charge in [0.25, 0.3) is 0 Å². The molecule has 0 saturated heterocycles. The number of aromatic nitrogens is 1. The van der Waals surface area contributed by atoms with Crippen molar-refractivity contribution in [1.29, 1.82) is 0 Å². The largest absolute Gasteiger partial charge is 0.444 e. The van der Waals surface area contributed by atoms with Gasteiger partial charge in [0.15, 0.2) is 5.96 Å².